The summed E-state index contributed by atoms with van der Waals surface area (Å²) in [6, 6.07) is 6.59. The summed E-state index contributed by atoms with van der Waals surface area (Å²) in [5, 5.41) is 3.50. The van der Waals surface area contributed by atoms with Gasteiger partial charge in [0.15, 0.2) is 0 Å². The first-order valence-corrected chi connectivity index (χ1v) is 7.98. The van der Waals surface area contributed by atoms with E-state index < -0.39 is 0 Å². The van der Waals surface area contributed by atoms with E-state index >= 15 is 0 Å². The van der Waals surface area contributed by atoms with Crippen LogP contribution in [0.3, 0.4) is 0 Å². The third-order valence-electron chi connectivity index (χ3n) is 4.14. The number of nitrogens with zero attached hydrogens (tertiary/aromatic N) is 1. The minimum absolute atomic E-state index is 0.268. The molecular weight excluding hydrogens is 264 g/mol. The van der Waals surface area contributed by atoms with E-state index in [4.69, 9.17) is 9.47 Å². The summed E-state index contributed by atoms with van der Waals surface area (Å²) in [5.74, 6) is 0.959. The Kier molecular flexibility index (Phi) is 5.88. The lowest BCUT2D eigenvalue weighted by Crippen LogP contribution is -2.43. The molecule has 0 aromatic heterocycles. The van der Waals surface area contributed by atoms with Crippen LogP contribution in [0.15, 0.2) is 18.2 Å². The molecule has 1 aromatic rings. The van der Waals surface area contributed by atoms with Crippen LogP contribution in [0.1, 0.15) is 38.8 Å². The Morgan fingerprint density at radius 1 is 1.43 bits per heavy atom. The SMILES string of the molecule is CCNC(C)c1c(OC)cccc1N1CCOC(CC)C1. The summed E-state index contributed by atoms with van der Waals surface area (Å²) in [4.78, 5) is 2.43. The molecule has 0 spiro atoms. The highest BCUT2D eigenvalue weighted by atomic mass is 16.5. The van der Waals surface area contributed by atoms with Crippen molar-refractivity contribution in [1.29, 1.82) is 0 Å². The van der Waals surface area contributed by atoms with Gasteiger partial charge in [0.25, 0.3) is 0 Å². The first-order chi connectivity index (χ1) is 10.2. The van der Waals surface area contributed by atoms with E-state index in [9.17, 15) is 0 Å². The molecule has 4 heteroatoms. The number of ether oxygens (including phenoxy) is 2. The Balaban J connectivity index is 2.33. The van der Waals surface area contributed by atoms with E-state index in [0.717, 1.165) is 38.4 Å². The van der Waals surface area contributed by atoms with Crippen LogP contribution in [-0.2, 0) is 4.74 Å². The van der Waals surface area contributed by atoms with Gasteiger partial charge in [-0.05, 0) is 32.0 Å². The third-order valence-corrected chi connectivity index (χ3v) is 4.14. The van der Waals surface area contributed by atoms with Gasteiger partial charge >= 0.3 is 0 Å². The van der Waals surface area contributed by atoms with Crippen LogP contribution in [0, 0.1) is 0 Å². The number of nitrogens with one attached hydrogen (secondary N) is 1. The molecule has 0 aliphatic carbocycles. The zero-order valence-electron chi connectivity index (χ0n) is 13.7. The van der Waals surface area contributed by atoms with Gasteiger partial charge in [-0.1, -0.05) is 19.9 Å². The monoisotopic (exact) mass is 292 g/mol. The molecule has 4 nitrogen and oxygen atoms in total. The molecule has 118 valence electrons. The average Bonchev–Trinajstić information content (AvgIpc) is 2.54. The second kappa shape index (κ2) is 7.66. The molecule has 1 aliphatic rings. The van der Waals surface area contributed by atoms with Crippen molar-refractivity contribution in [2.24, 2.45) is 0 Å². The van der Waals surface area contributed by atoms with Gasteiger partial charge in [-0.3, -0.25) is 0 Å². The van der Waals surface area contributed by atoms with E-state index in [1.165, 1.54) is 11.3 Å². The minimum atomic E-state index is 0.268. The molecule has 21 heavy (non-hydrogen) atoms. The maximum absolute atomic E-state index is 5.79. The Bertz CT molecular complexity index is 450. The third kappa shape index (κ3) is 3.69. The lowest BCUT2D eigenvalue weighted by Gasteiger charge is -2.36. The normalized spacial score (nSPS) is 20.4. The van der Waals surface area contributed by atoms with Crippen molar-refractivity contribution in [3.05, 3.63) is 23.8 Å². The molecule has 2 atom stereocenters. The maximum atomic E-state index is 5.79. The van der Waals surface area contributed by atoms with E-state index in [0.29, 0.717) is 6.10 Å². The van der Waals surface area contributed by atoms with Gasteiger partial charge in [-0.15, -0.1) is 0 Å². The predicted molar refractivity (Wildman–Crippen MR) is 87.3 cm³/mol. The molecule has 1 aromatic carbocycles. The topological polar surface area (TPSA) is 33.7 Å². The van der Waals surface area contributed by atoms with Crippen molar-refractivity contribution in [2.75, 3.05) is 38.3 Å². The van der Waals surface area contributed by atoms with Crippen LogP contribution in [0.5, 0.6) is 5.75 Å². The quantitative estimate of drug-likeness (QED) is 0.874. The van der Waals surface area contributed by atoms with Crippen LogP contribution in [-0.4, -0.2) is 39.5 Å². The smallest absolute Gasteiger partial charge is 0.125 e. The molecule has 2 unspecified atom stereocenters. The lowest BCUT2D eigenvalue weighted by molar-refractivity contribution is 0.0383. The van der Waals surface area contributed by atoms with E-state index in [1.807, 2.05) is 6.07 Å². The van der Waals surface area contributed by atoms with E-state index in [1.54, 1.807) is 7.11 Å². The standard InChI is InChI=1S/C17H28N2O2/c1-5-14-12-19(10-11-21-14)15-8-7-9-16(20-4)17(15)13(3)18-6-2/h7-9,13-14,18H,5-6,10-12H2,1-4H3. The average molecular weight is 292 g/mol. The Morgan fingerprint density at radius 3 is 2.90 bits per heavy atom. The number of rotatable bonds is 6. The van der Waals surface area contributed by atoms with Crippen LogP contribution >= 0.6 is 0 Å². The van der Waals surface area contributed by atoms with Crippen molar-refractivity contribution >= 4 is 5.69 Å². The largest absolute Gasteiger partial charge is 0.496 e. The van der Waals surface area contributed by atoms with Gasteiger partial charge in [-0.2, -0.15) is 0 Å². The summed E-state index contributed by atoms with van der Waals surface area (Å²) in [6.07, 6.45) is 1.38. The highest BCUT2D eigenvalue weighted by molar-refractivity contribution is 5.61. The molecule has 1 aliphatic heterocycles. The van der Waals surface area contributed by atoms with Crippen LogP contribution in [0.2, 0.25) is 0 Å². The van der Waals surface area contributed by atoms with Crippen molar-refractivity contribution in [3.63, 3.8) is 0 Å². The second-order valence-electron chi connectivity index (χ2n) is 5.52. The number of anilines is 1. The van der Waals surface area contributed by atoms with Gasteiger partial charge in [0.05, 0.1) is 19.8 Å². The summed E-state index contributed by atoms with van der Waals surface area (Å²) in [6.45, 7) is 10.1. The van der Waals surface area contributed by atoms with Crippen molar-refractivity contribution in [2.45, 2.75) is 39.3 Å². The van der Waals surface area contributed by atoms with E-state index in [-0.39, 0.29) is 6.04 Å². The zero-order chi connectivity index (χ0) is 15.2. The Labute approximate surface area is 128 Å². The fourth-order valence-corrected chi connectivity index (χ4v) is 3.01. The molecular formula is C17H28N2O2. The van der Waals surface area contributed by atoms with E-state index in [2.05, 4.69) is 43.1 Å². The summed E-state index contributed by atoms with van der Waals surface area (Å²) < 4.78 is 11.4. The summed E-state index contributed by atoms with van der Waals surface area (Å²) in [5.41, 5.74) is 2.52. The van der Waals surface area contributed by atoms with Gasteiger partial charge in [0, 0.05) is 30.4 Å². The number of methoxy groups -OCH3 is 1. The second-order valence-corrected chi connectivity index (χ2v) is 5.52. The molecule has 1 N–H and O–H groups in total. The fourth-order valence-electron chi connectivity index (χ4n) is 3.01. The molecule has 0 bridgehead atoms. The zero-order valence-corrected chi connectivity index (χ0v) is 13.7. The van der Waals surface area contributed by atoms with Crippen LogP contribution in [0.25, 0.3) is 0 Å². The molecule has 0 saturated carbocycles. The molecule has 1 fully saturated rings. The van der Waals surface area contributed by atoms with Crippen LogP contribution < -0.4 is 15.0 Å². The highest BCUT2D eigenvalue weighted by Crippen LogP contribution is 2.35. The van der Waals surface area contributed by atoms with Gasteiger partial charge in [0.2, 0.25) is 0 Å². The van der Waals surface area contributed by atoms with Crippen LogP contribution in [0.4, 0.5) is 5.69 Å². The molecule has 1 saturated heterocycles. The highest BCUT2D eigenvalue weighted by Gasteiger charge is 2.24. The lowest BCUT2D eigenvalue weighted by atomic mass is 10.0. The molecule has 2 rings (SSSR count). The summed E-state index contributed by atoms with van der Waals surface area (Å²) >= 11 is 0. The fraction of sp³-hybridized carbons (Fsp3) is 0.647. The first-order valence-electron chi connectivity index (χ1n) is 7.98. The van der Waals surface area contributed by atoms with Crippen molar-refractivity contribution in [3.8, 4) is 5.75 Å². The number of morpholine rings is 1. The first kappa shape index (κ1) is 16.1. The molecule has 1 heterocycles. The molecule has 0 radical (unpaired) electrons. The number of benzene rings is 1. The summed E-state index contributed by atoms with van der Waals surface area (Å²) in [7, 11) is 1.75. The molecule has 0 amide bonds. The maximum Gasteiger partial charge on any atom is 0.125 e. The van der Waals surface area contributed by atoms with Crippen molar-refractivity contribution < 1.29 is 9.47 Å². The van der Waals surface area contributed by atoms with Crippen molar-refractivity contribution in [1.82, 2.24) is 5.32 Å². The van der Waals surface area contributed by atoms with Gasteiger partial charge in [0.1, 0.15) is 5.75 Å². The van der Waals surface area contributed by atoms with Gasteiger partial charge < -0.3 is 19.7 Å². The Hall–Kier alpha value is -1.26. The number of hydrogen-bond acceptors (Lipinski definition) is 4. The Morgan fingerprint density at radius 2 is 2.24 bits per heavy atom. The number of hydrogen-bond donors (Lipinski definition) is 1. The predicted octanol–water partition coefficient (Wildman–Crippen LogP) is 2.98. The minimum Gasteiger partial charge on any atom is -0.496 e. The van der Waals surface area contributed by atoms with Gasteiger partial charge in [-0.25, -0.2) is 0 Å².